The smallest absolute Gasteiger partial charge is 0.345 e. The van der Waals surface area contributed by atoms with Gasteiger partial charge in [-0.2, -0.15) is 0 Å². The van der Waals surface area contributed by atoms with E-state index in [1.54, 1.807) is 0 Å². The minimum absolute atomic E-state index is 0.447. The second-order valence-electron chi connectivity index (χ2n) is 5.55. The molecule has 0 saturated carbocycles. The maximum atomic E-state index is 11.0. The summed E-state index contributed by atoms with van der Waals surface area (Å²) in [6, 6.07) is 2.92. The van der Waals surface area contributed by atoms with Crippen molar-refractivity contribution in [1.82, 2.24) is 9.80 Å². The van der Waals surface area contributed by atoms with Crippen molar-refractivity contribution in [3.8, 4) is 0 Å². The summed E-state index contributed by atoms with van der Waals surface area (Å²) in [4.78, 5) is 17.4. The van der Waals surface area contributed by atoms with Gasteiger partial charge in [-0.05, 0) is 39.4 Å². The second kappa shape index (κ2) is 5.61. The number of carboxylic acids is 1. The Morgan fingerprint density at radius 2 is 2.00 bits per heavy atom. The van der Waals surface area contributed by atoms with Gasteiger partial charge in [0, 0.05) is 36.6 Å². The summed E-state index contributed by atoms with van der Waals surface area (Å²) in [5, 5.41) is 9.04. The van der Waals surface area contributed by atoms with Gasteiger partial charge in [-0.3, -0.25) is 9.80 Å². The van der Waals surface area contributed by atoms with E-state index in [4.69, 9.17) is 5.11 Å². The molecule has 106 valence electrons. The number of rotatable bonds is 3. The van der Waals surface area contributed by atoms with Gasteiger partial charge in [-0.1, -0.05) is 0 Å². The first-order chi connectivity index (χ1) is 8.88. The van der Waals surface area contributed by atoms with Crippen LogP contribution in [0.2, 0.25) is 0 Å². The number of likely N-dealkylation sites (N-methyl/N-ethyl adjacent to an activating group) is 1. The van der Waals surface area contributed by atoms with E-state index in [9.17, 15) is 4.79 Å². The van der Waals surface area contributed by atoms with E-state index in [0.29, 0.717) is 17.0 Å². The molecular weight excluding hydrogens is 260 g/mol. The molecule has 1 fully saturated rings. The molecule has 1 aromatic heterocycles. The molecule has 2 rings (SSSR count). The zero-order chi connectivity index (χ0) is 14.2. The van der Waals surface area contributed by atoms with Crippen LogP contribution in [0, 0.1) is 6.92 Å². The molecule has 0 aliphatic carbocycles. The standard InChI is InChI=1S/C14H22N2O2S/c1-9-6-16(7-10(2)15(9)4)8-12-5-13(14(17)18)19-11(12)3/h5,9-10H,6-8H2,1-4H3,(H,17,18). The van der Waals surface area contributed by atoms with E-state index in [1.807, 2.05) is 13.0 Å². The summed E-state index contributed by atoms with van der Waals surface area (Å²) in [5.74, 6) is -0.820. The van der Waals surface area contributed by atoms with Crippen LogP contribution in [0.3, 0.4) is 0 Å². The van der Waals surface area contributed by atoms with Crippen LogP contribution in [0.15, 0.2) is 6.07 Å². The van der Waals surface area contributed by atoms with Gasteiger partial charge in [0.15, 0.2) is 0 Å². The number of aryl methyl sites for hydroxylation is 1. The molecule has 0 bridgehead atoms. The number of aromatic carboxylic acids is 1. The van der Waals surface area contributed by atoms with Gasteiger partial charge in [-0.15, -0.1) is 11.3 Å². The lowest BCUT2D eigenvalue weighted by molar-refractivity contribution is 0.0555. The van der Waals surface area contributed by atoms with Gasteiger partial charge >= 0.3 is 5.97 Å². The zero-order valence-electron chi connectivity index (χ0n) is 12.0. The Bertz CT molecular complexity index is 460. The first-order valence-electron chi connectivity index (χ1n) is 6.65. The highest BCUT2D eigenvalue weighted by Gasteiger charge is 2.27. The summed E-state index contributed by atoms with van der Waals surface area (Å²) >= 11 is 1.38. The lowest BCUT2D eigenvalue weighted by atomic mass is 10.1. The van der Waals surface area contributed by atoms with Crippen molar-refractivity contribution in [2.24, 2.45) is 0 Å². The van der Waals surface area contributed by atoms with Gasteiger partial charge in [-0.25, -0.2) is 4.79 Å². The van der Waals surface area contributed by atoms with E-state index in [-0.39, 0.29) is 0 Å². The molecule has 0 aromatic carbocycles. The molecule has 2 atom stereocenters. The van der Waals surface area contributed by atoms with E-state index in [2.05, 4.69) is 30.7 Å². The van der Waals surface area contributed by atoms with E-state index < -0.39 is 5.97 Å². The second-order valence-corrected chi connectivity index (χ2v) is 6.81. The highest BCUT2D eigenvalue weighted by Crippen LogP contribution is 2.24. The van der Waals surface area contributed by atoms with Crippen molar-refractivity contribution in [3.63, 3.8) is 0 Å². The summed E-state index contributed by atoms with van der Waals surface area (Å²) in [5.41, 5.74) is 1.16. The van der Waals surface area contributed by atoms with Crippen molar-refractivity contribution in [2.45, 2.75) is 39.4 Å². The Morgan fingerprint density at radius 3 is 2.47 bits per heavy atom. The van der Waals surface area contributed by atoms with Crippen molar-refractivity contribution >= 4 is 17.3 Å². The quantitative estimate of drug-likeness (QED) is 0.923. The van der Waals surface area contributed by atoms with Gasteiger partial charge in [0.25, 0.3) is 0 Å². The third kappa shape index (κ3) is 3.16. The van der Waals surface area contributed by atoms with Crippen LogP contribution in [0.1, 0.15) is 34.0 Å². The molecule has 2 heterocycles. The predicted molar refractivity (Wildman–Crippen MR) is 78.0 cm³/mol. The number of nitrogens with zero attached hydrogens (tertiary/aromatic N) is 2. The summed E-state index contributed by atoms with van der Waals surface area (Å²) in [7, 11) is 2.17. The first-order valence-corrected chi connectivity index (χ1v) is 7.47. The fraction of sp³-hybridized carbons (Fsp3) is 0.643. The Hall–Kier alpha value is -0.910. The number of thiophene rings is 1. The topological polar surface area (TPSA) is 43.8 Å². The third-order valence-electron chi connectivity index (χ3n) is 4.06. The largest absolute Gasteiger partial charge is 0.477 e. The number of carboxylic acid groups (broad SMARTS) is 1. The fourth-order valence-electron chi connectivity index (χ4n) is 2.67. The normalized spacial score (nSPS) is 25.7. The Morgan fingerprint density at radius 1 is 1.42 bits per heavy atom. The molecule has 1 aliphatic rings. The fourth-order valence-corrected chi connectivity index (χ4v) is 3.54. The summed E-state index contributed by atoms with van der Waals surface area (Å²) in [6.07, 6.45) is 0. The van der Waals surface area contributed by atoms with Crippen LogP contribution < -0.4 is 0 Å². The summed E-state index contributed by atoms with van der Waals surface area (Å²) < 4.78 is 0. The lowest BCUT2D eigenvalue weighted by Gasteiger charge is -2.42. The zero-order valence-corrected chi connectivity index (χ0v) is 12.8. The number of carbonyl (C=O) groups is 1. The molecule has 1 aliphatic heterocycles. The van der Waals surface area contributed by atoms with E-state index in [1.165, 1.54) is 11.3 Å². The van der Waals surface area contributed by atoms with Crippen LogP contribution in [-0.4, -0.2) is 53.1 Å². The van der Waals surface area contributed by atoms with Crippen molar-refractivity contribution < 1.29 is 9.90 Å². The van der Waals surface area contributed by atoms with Crippen molar-refractivity contribution in [2.75, 3.05) is 20.1 Å². The van der Waals surface area contributed by atoms with Gasteiger partial charge in [0.2, 0.25) is 0 Å². The van der Waals surface area contributed by atoms with Crippen LogP contribution in [0.4, 0.5) is 0 Å². The molecule has 1 aromatic rings. The molecule has 0 amide bonds. The predicted octanol–water partition coefficient (Wildman–Crippen LogP) is 2.28. The molecule has 0 radical (unpaired) electrons. The highest BCUT2D eigenvalue weighted by atomic mass is 32.1. The Labute approximate surface area is 118 Å². The molecule has 2 unspecified atom stereocenters. The SMILES string of the molecule is Cc1sc(C(=O)O)cc1CN1CC(C)N(C)C(C)C1. The average molecular weight is 282 g/mol. The van der Waals surface area contributed by atoms with Crippen LogP contribution in [-0.2, 0) is 6.54 Å². The Kier molecular flexibility index (Phi) is 4.28. The third-order valence-corrected chi connectivity index (χ3v) is 5.14. The first kappa shape index (κ1) is 14.5. The van der Waals surface area contributed by atoms with Crippen LogP contribution in [0.5, 0.6) is 0 Å². The minimum Gasteiger partial charge on any atom is -0.477 e. The molecule has 19 heavy (non-hydrogen) atoms. The average Bonchev–Trinajstić information content (AvgIpc) is 2.68. The van der Waals surface area contributed by atoms with Crippen LogP contribution >= 0.6 is 11.3 Å². The van der Waals surface area contributed by atoms with Crippen molar-refractivity contribution in [1.29, 1.82) is 0 Å². The highest BCUT2D eigenvalue weighted by molar-refractivity contribution is 7.14. The molecule has 0 spiro atoms. The molecule has 1 N–H and O–H groups in total. The van der Waals surface area contributed by atoms with Crippen molar-refractivity contribution in [3.05, 3.63) is 21.4 Å². The minimum atomic E-state index is -0.820. The van der Waals surface area contributed by atoms with Gasteiger partial charge in [0.1, 0.15) is 4.88 Å². The van der Waals surface area contributed by atoms with E-state index in [0.717, 1.165) is 30.1 Å². The molecular formula is C14H22N2O2S. The van der Waals surface area contributed by atoms with Gasteiger partial charge in [0.05, 0.1) is 0 Å². The number of hydrogen-bond donors (Lipinski definition) is 1. The lowest BCUT2D eigenvalue weighted by Crippen LogP contribution is -2.54. The maximum absolute atomic E-state index is 11.0. The van der Waals surface area contributed by atoms with Crippen LogP contribution in [0.25, 0.3) is 0 Å². The number of hydrogen-bond acceptors (Lipinski definition) is 4. The van der Waals surface area contributed by atoms with E-state index >= 15 is 0 Å². The Balaban J connectivity index is 2.07. The maximum Gasteiger partial charge on any atom is 0.345 e. The monoisotopic (exact) mass is 282 g/mol. The summed E-state index contributed by atoms with van der Waals surface area (Å²) in [6.45, 7) is 9.43. The molecule has 5 heteroatoms. The molecule has 1 saturated heterocycles. The number of piperazine rings is 1. The van der Waals surface area contributed by atoms with Gasteiger partial charge < -0.3 is 5.11 Å². The molecule has 4 nitrogen and oxygen atoms in total.